The molecule has 6 nitrogen and oxygen atoms in total. The largest absolute Gasteiger partial charge is 0.490 e. The molecule has 0 atom stereocenters. The van der Waals surface area contributed by atoms with Gasteiger partial charge in [0.25, 0.3) is 0 Å². The van der Waals surface area contributed by atoms with Crippen LogP contribution in [0.2, 0.25) is 0 Å². The molecule has 0 fully saturated rings. The first-order valence-corrected chi connectivity index (χ1v) is 9.07. The molecule has 29 heavy (non-hydrogen) atoms. The second-order valence-electron chi connectivity index (χ2n) is 6.49. The van der Waals surface area contributed by atoms with Crippen molar-refractivity contribution in [1.82, 2.24) is 14.9 Å². The highest BCUT2D eigenvalue weighted by molar-refractivity contribution is 5.73. The molecule has 1 N–H and O–H groups in total. The first-order valence-electron chi connectivity index (χ1n) is 9.07. The van der Waals surface area contributed by atoms with E-state index in [9.17, 15) is 13.2 Å². The molecule has 2 aromatic rings. The van der Waals surface area contributed by atoms with Gasteiger partial charge in [-0.2, -0.15) is 18.4 Å². The monoisotopic (exact) mass is 406 g/mol. The number of carbonyl (C=O) groups is 1. The van der Waals surface area contributed by atoms with Crippen molar-refractivity contribution < 1.29 is 23.1 Å². The van der Waals surface area contributed by atoms with Crippen molar-refractivity contribution in [2.24, 2.45) is 0 Å². The van der Waals surface area contributed by atoms with Gasteiger partial charge in [-0.1, -0.05) is 19.1 Å². The predicted octanol–water partition coefficient (Wildman–Crippen LogP) is 3.14. The number of nitriles is 1. The standard InChI is InChI=1S/C18H20N4.C2HF3O2/c1-2-17-16-6-8-22(9-7-18(16)21-13-20-17)12-15-5-3-4-14(10-15)11-19;3-2(4,5)1(6)7/h3-5,10,13H,2,6-9,12H2,1H3;(H,6,7). The molecule has 1 aliphatic heterocycles. The fourth-order valence-corrected chi connectivity index (χ4v) is 3.10. The topological polar surface area (TPSA) is 90.1 Å². The number of rotatable bonds is 3. The summed E-state index contributed by atoms with van der Waals surface area (Å²) in [6.07, 6.45) is -0.432. The number of hydrogen-bond donors (Lipinski definition) is 1. The molecule has 0 unspecified atom stereocenters. The second kappa shape index (κ2) is 9.98. The van der Waals surface area contributed by atoms with Gasteiger partial charge in [-0.05, 0) is 36.1 Å². The minimum Gasteiger partial charge on any atom is -0.475 e. The zero-order valence-electron chi connectivity index (χ0n) is 15.9. The van der Waals surface area contributed by atoms with E-state index in [0.29, 0.717) is 0 Å². The van der Waals surface area contributed by atoms with E-state index >= 15 is 0 Å². The number of aliphatic carboxylic acids is 1. The Morgan fingerprint density at radius 3 is 2.59 bits per heavy atom. The minimum absolute atomic E-state index is 0.731. The molecule has 1 aliphatic rings. The molecule has 0 spiro atoms. The Balaban J connectivity index is 0.000000370. The van der Waals surface area contributed by atoms with Crippen molar-refractivity contribution >= 4 is 5.97 Å². The normalized spacial score (nSPS) is 14.0. The first kappa shape index (κ1) is 22.3. The number of carboxylic acid groups (broad SMARTS) is 1. The fraction of sp³-hybridized carbons (Fsp3) is 0.400. The summed E-state index contributed by atoms with van der Waals surface area (Å²) in [5.41, 5.74) is 5.68. The van der Waals surface area contributed by atoms with Crippen LogP contribution in [0.3, 0.4) is 0 Å². The van der Waals surface area contributed by atoms with Gasteiger partial charge in [0.2, 0.25) is 0 Å². The lowest BCUT2D eigenvalue weighted by Crippen LogP contribution is -2.26. The maximum Gasteiger partial charge on any atom is 0.490 e. The van der Waals surface area contributed by atoms with Crippen molar-refractivity contribution in [3.63, 3.8) is 0 Å². The zero-order chi connectivity index (χ0) is 21.4. The van der Waals surface area contributed by atoms with Crippen molar-refractivity contribution in [3.05, 3.63) is 58.7 Å². The van der Waals surface area contributed by atoms with E-state index in [1.807, 2.05) is 18.2 Å². The third-order valence-electron chi connectivity index (χ3n) is 4.51. The maximum atomic E-state index is 10.6. The summed E-state index contributed by atoms with van der Waals surface area (Å²) in [5, 5.41) is 16.1. The average Bonchev–Trinajstić information content (AvgIpc) is 2.90. The van der Waals surface area contributed by atoms with Crippen LogP contribution in [0.4, 0.5) is 13.2 Å². The zero-order valence-corrected chi connectivity index (χ0v) is 15.9. The van der Waals surface area contributed by atoms with Crippen LogP contribution >= 0.6 is 0 Å². The number of nitrogens with zero attached hydrogens (tertiary/aromatic N) is 4. The summed E-state index contributed by atoms with van der Waals surface area (Å²) in [4.78, 5) is 20.2. The van der Waals surface area contributed by atoms with Crippen LogP contribution in [-0.2, 0) is 30.6 Å². The molecule has 3 rings (SSSR count). The highest BCUT2D eigenvalue weighted by atomic mass is 19.4. The smallest absolute Gasteiger partial charge is 0.475 e. The molecule has 1 aromatic carbocycles. The molecular formula is C20H21F3N4O2. The highest BCUT2D eigenvalue weighted by Crippen LogP contribution is 2.18. The SMILES string of the molecule is CCc1ncnc2c1CCN(Cc1cccc(C#N)c1)CC2.O=C(O)C(F)(F)F. The number of carboxylic acids is 1. The van der Waals surface area contributed by atoms with Crippen LogP contribution < -0.4 is 0 Å². The first-order chi connectivity index (χ1) is 13.7. The van der Waals surface area contributed by atoms with Gasteiger partial charge in [0.15, 0.2) is 0 Å². The minimum atomic E-state index is -5.08. The molecule has 1 aromatic heterocycles. The van der Waals surface area contributed by atoms with E-state index < -0.39 is 12.1 Å². The van der Waals surface area contributed by atoms with Crippen molar-refractivity contribution in [1.29, 1.82) is 5.26 Å². The molecule has 0 bridgehead atoms. The molecule has 0 saturated carbocycles. The second-order valence-corrected chi connectivity index (χ2v) is 6.49. The Hall–Kier alpha value is -2.99. The van der Waals surface area contributed by atoms with Crippen LogP contribution in [0.1, 0.15) is 35.0 Å². The van der Waals surface area contributed by atoms with E-state index in [2.05, 4.69) is 33.9 Å². The molecular weight excluding hydrogens is 385 g/mol. The lowest BCUT2D eigenvalue weighted by molar-refractivity contribution is -0.192. The number of alkyl halides is 3. The summed E-state index contributed by atoms with van der Waals surface area (Å²) >= 11 is 0. The molecule has 0 amide bonds. The van der Waals surface area contributed by atoms with Gasteiger partial charge in [-0.15, -0.1) is 0 Å². The van der Waals surface area contributed by atoms with Crippen molar-refractivity contribution in [2.45, 2.75) is 38.9 Å². The molecule has 2 heterocycles. The average molecular weight is 406 g/mol. The van der Waals surface area contributed by atoms with Gasteiger partial charge in [0.05, 0.1) is 11.6 Å². The highest BCUT2D eigenvalue weighted by Gasteiger charge is 2.38. The number of halogens is 3. The number of benzene rings is 1. The van der Waals surface area contributed by atoms with Crippen molar-refractivity contribution in [3.8, 4) is 6.07 Å². The van der Waals surface area contributed by atoms with E-state index in [4.69, 9.17) is 15.2 Å². The number of fused-ring (bicyclic) bond motifs is 1. The Morgan fingerprint density at radius 2 is 1.97 bits per heavy atom. The van der Waals surface area contributed by atoms with E-state index in [1.165, 1.54) is 22.5 Å². The summed E-state index contributed by atoms with van der Waals surface area (Å²) < 4.78 is 31.7. The van der Waals surface area contributed by atoms with E-state index in [1.54, 1.807) is 6.33 Å². The summed E-state index contributed by atoms with van der Waals surface area (Å²) in [6, 6.07) is 10.1. The molecule has 0 saturated heterocycles. The van der Waals surface area contributed by atoms with Crippen molar-refractivity contribution in [2.75, 3.05) is 13.1 Å². The van der Waals surface area contributed by atoms with Crippen LogP contribution in [0.15, 0.2) is 30.6 Å². The molecule has 9 heteroatoms. The van der Waals surface area contributed by atoms with Crippen LogP contribution in [0.25, 0.3) is 0 Å². The predicted molar refractivity (Wildman–Crippen MR) is 98.9 cm³/mol. The van der Waals surface area contributed by atoms with Crippen LogP contribution in [-0.4, -0.2) is 45.2 Å². The van der Waals surface area contributed by atoms with Gasteiger partial charge in [0, 0.05) is 37.4 Å². The van der Waals surface area contributed by atoms with Crippen LogP contribution in [0.5, 0.6) is 0 Å². The van der Waals surface area contributed by atoms with Gasteiger partial charge in [0.1, 0.15) is 6.33 Å². The molecule has 0 radical (unpaired) electrons. The third kappa shape index (κ3) is 6.54. The van der Waals surface area contributed by atoms with Gasteiger partial charge < -0.3 is 5.11 Å². The fourth-order valence-electron chi connectivity index (χ4n) is 3.10. The molecule has 154 valence electrons. The Morgan fingerprint density at radius 1 is 1.28 bits per heavy atom. The third-order valence-corrected chi connectivity index (χ3v) is 4.51. The quantitative estimate of drug-likeness (QED) is 0.842. The van der Waals surface area contributed by atoms with E-state index in [0.717, 1.165) is 44.5 Å². The summed E-state index contributed by atoms with van der Waals surface area (Å²) in [6.45, 7) is 5.06. The van der Waals surface area contributed by atoms with Gasteiger partial charge in [-0.3, -0.25) is 4.90 Å². The molecule has 0 aliphatic carbocycles. The maximum absolute atomic E-state index is 10.6. The lowest BCUT2D eigenvalue weighted by atomic mass is 10.1. The van der Waals surface area contributed by atoms with Gasteiger partial charge >= 0.3 is 12.1 Å². The Kier molecular flexibility index (Phi) is 7.67. The Bertz CT molecular complexity index is 894. The van der Waals surface area contributed by atoms with E-state index in [-0.39, 0.29) is 0 Å². The Labute approximate surface area is 166 Å². The summed E-state index contributed by atoms with van der Waals surface area (Å²) in [7, 11) is 0. The lowest BCUT2D eigenvalue weighted by Gasteiger charge is -2.19. The number of aromatic nitrogens is 2. The number of aryl methyl sites for hydroxylation is 1. The van der Waals surface area contributed by atoms with Crippen LogP contribution in [0, 0.1) is 11.3 Å². The number of hydrogen-bond acceptors (Lipinski definition) is 5. The van der Waals surface area contributed by atoms with Gasteiger partial charge in [-0.25, -0.2) is 14.8 Å². The summed E-state index contributed by atoms with van der Waals surface area (Å²) in [5.74, 6) is -2.76.